The SMILES string of the molecule is CCCCOCC(=O)NC(C(=O)N1C[C@@H](CN(C)C)Cc2cc(Cl)ccc21)C(C)c1c[nH]c2ccccc12. The van der Waals surface area contributed by atoms with Gasteiger partial charge in [-0.2, -0.15) is 0 Å². The zero-order chi connectivity index (χ0) is 27.2. The van der Waals surface area contributed by atoms with E-state index in [2.05, 4.69) is 22.1 Å². The number of anilines is 1. The van der Waals surface area contributed by atoms with Crippen LogP contribution in [0.4, 0.5) is 5.69 Å². The molecule has 0 bridgehead atoms. The van der Waals surface area contributed by atoms with Crippen molar-refractivity contribution in [3.63, 3.8) is 0 Å². The average molecular weight is 539 g/mol. The standard InChI is InChI=1S/C30H39ClN4O3/c1-5-6-13-38-19-28(36)33-29(20(2)25-16-32-26-10-8-7-9-24(25)26)30(37)35-18-21(17-34(3)4)14-22-15-23(31)11-12-27(22)35/h7-12,15-16,20-21,29,32H,5-6,13-14,17-19H2,1-4H3,(H,33,36)/t20?,21-,29?/m1/s1. The molecule has 1 aliphatic rings. The quantitative estimate of drug-likeness (QED) is 0.337. The first-order valence-electron chi connectivity index (χ1n) is 13.5. The van der Waals surface area contributed by atoms with E-state index in [9.17, 15) is 9.59 Å². The Hall–Kier alpha value is -2.87. The van der Waals surface area contributed by atoms with Crippen molar-refractivity contribution in [1.29, 1.82) is 0 Å². The Kier molecular flexibility index (Phi) is 9.47. The van der Waals surface area contributed by atoms with Gasteiger partial charge in [-0.25, -0.2) is 0 Å². The van der Waals surface area contributed by atoms with Gasteiger partial charge in [0.25, 0.3) is 0 Å². The minimum Gasteiger partial charge on any atom is -0.372 e. The van der Waals surface area contributed by atoms with E-state index in [1.807, 2.05) is 74.6 Å². The molecule has 3 aromatic rings. The molecular weight excluding hydrogens is 500 g/mol. The number of carbonyl (C=O) groups is 2. The fourth-order valence-corrected chi connectivity index (χ4v) is 5.60. The van der Waals surface area contributed by atoms with Crippen molar-refractivity contribution >= 4 is 40.0 Å². The van der Waals surface area contributed by atoms with Gasteiger partial charge in [-0.15, -0.1) is 0 Å². The van der Waals surface area contributed by atoms with Gasteiger partial charge < -0.3 is 24.8 Å². The highest BCUT2D eigenvalue weighted by molar-refractivity contribution is 6.30. The van der Waals surface area contributed by atoms with Gasteiger partial charge in [-0.1, -0.05) is 50.1 Å². The van der Waals surface area contributed by atoms with E-state index >= 15 is 0 Å². The zero-order valence-corrected chi connectivity index (χ0v) is 23.6. The van der Waals surface area contributed by atoms with Crippen LogP contribution in [0.25, 0.3) is 10.9 Å². The molecule has 2 N–H and O–H groups in total. The monoisotopic (exact) mass is 538 g/mol. The van der Waals surface area contributed by atoms with Gasteiger partial charge >= 0.3 is 0 Å². The lowest BCUT2D eigenvalue weighted by Crippen LogP contribution is -2.54. The number of amides is 2. The third-order valence-corrected chi connectivity index (χ3v) is 7.48. The summed E-state index contributed by atoms with van der Waals surface area (Å²) in [6.07, 6.45) is 4.67. The number of ether oxygens (including phenoxy) is 1. The molecule has 2 heterocycles. The van der Waals surface area contributed by atoms with Crippen LogP contribution in [0.15, 0.2) is 48.7 Å². The molecule has 2 unspecified atom stereocenters. The zero-order valence-electron chi connectivity index (χ0n) is 22.8. The second kappa shape index (κ2) is 12.8. The molecule has 3 atom stereocenters. The van der Waals surface area contributed by atoms with Gasteiger partial charge in [0, 0.05) is 53.4 Å². The number of carbonyl (C=O) groups excluding carboxylic acids is 2. The molecule has 1 aromatic heterocycles. The number of hydrogen-bond donors (Lipinski definition) is 2. The van der Waals surface area contributed by atoms with E-state index in [1.165, 1.54) is 0 Å². The van der Waals surface area contributed by atoms with E-state index in [0.29, 0.717) is 18.2 Å². The number of unbranched alkanes of at least 4 members (excludes halogenated alkanes) is 1. The first kappa shape index (κ1) is 28.1. The molecule has 0 fully saturated rings. The number of nitrogens with one attached hydrogen (secondary N) is 2. The predicted molar refractivity (Wildman–Crippen MR) is 154 cm³/mol. The van der Waals surface area contributed by atoms with E-state index in [0.717, 1.165) is 53.5 Å². The highest BCUT2D eigenvalue weighted by Crippen LogP contribution is 2.35. The predicted octanol–water partition coefficient (Wildman–Crippen LogP) is 4.99. The van der Waals surface area contributed by atoms with Crippen LogP contribution in [0.1, 0.15) is 43.7 Å². The topological polar surface area (TPSA) is 77.7 Å². The molecule has 0 spiro atoms. The largest absolute Gasteiger partial charge is 0.372 e. The van der Waals surface area contributed by atoms with Crippen LogP contribution in [-0.4, -0.2) is 68.1 Å². The Morgan fingerprint density at radius 3 is 2.79 bits per heavy atom. The van der Waals surface area contributed by atoms with Crippen LogP contribution in [0.3, 0.4) is 0 Å². The lowest BCUT2D eigenvalue weighted by Gasteiger charge is -2.38. The summed E-state index contributed by atoms with van der Waals surface area (Å²) in [6.45, 7) is 5.95. The van der Waals surface area contributed by atoms with Gasteiger partial charge in [-0.3, -0.25) is 9.59 Å². The summed E-state index contributed by atoms with van der Waals surface area (Å²) in [5.41, 5.74) is 3.90. The summed E-state index contributed by atoms with van der Waals surface area (Å²) in [6, 6.07) is 13.0. The smallest absolute Gasteiger partial charge is 0.250 e. The van der Waals surface area contributed by atoms with Crippen LogP contribution >= 0.6 is 11.6 Å². The number of H-pyrrole nitrogens is 1. The van der Waals surface area contributed by atoms with Crippen molar-refractivity contribution in [3.05, 3.63) is 64.8 Å². The molecule has 0 saturated heterocycles. The second-order valence-electron chi connectivity index (χ2n) is 10.6. The van der Waals surface area contributed by atoms with Crippen LogP contribution in [0, 0.1) is 5.92 Å². The third-order valence-electron chi connectivity index (χ3n) is 7.24. The number of aromatic amines is 1. The Bertz CT molecular complexity index is 1260. The fourth-order valence-electron chi connectivity index (χ4n) is 5.41. The van der Waals surface area contributed by atoms with Crippen molar-refractivity contribution in [1.82, 2.24) is 15.2 Å². The van der Waals surface area contributed by atoms with E-state index in [1.54, 1.807) is 0 Å². The summed E-state index contributed by atoms with van der Waals surface area (Å²) in [4.78, 5) is 34.7. The highest BCUT2D eigenvalue weighted by atomic mass is 35.5. The molecule has 2 amide bonds. The highest BCUT2D eigenvalue weighted by Gasteiger charge is 2.37. The summed E-state index contributed by atoms with van der Waals surface area (Å²) in [5, 5.41) is 4.74. The molecule has 0 aliphatic carbocycles. The molecule has 204 valence electrons. The molecule has 7 nitrogen and oxygen atoms in total. The second-order valence-corrected chi connectivity index (χ2v) is 11.0. The van der Waals surface area contributed by atoms with Crippen molar-refractivity contribution in [2.45, 2.75) is 45.1 Å². The Balaban J connectivity index is 1.67. The summed E-state index contributed by atoms with van der Waals surface area (Å²) in [7, 11) is 4.08. The fraction of sp³-hybridized carbons (Fsp3) is 0.467. The van der Waals surface area contributed by atoms with Crippen molar-refractivity contribution in [2.75, 3.05) is 45.3 Å². The first-order chi connectivity index (χ1) is 18.3. The molecule has 2 aromatic carbocycles. The number of para-hydroxylation sites is 1. The molecule has 8 heteroatoms. The number of halogens is 1. The lowest BCUT2D eigenvalue weighted by molar-refractivity contribution is -0.131. The first-order valence-corrected chi connectivity index (χ1v) is 13.8. The van der Waals surface area contributed by atoms with E-state index in [-0.39, 0.29) is 30.3 Å². The van der Waals surface area contributed by atoms with E-state index < -0.39 is 6.04 Å². The maximum absolute atomic E-state index is 14.4. The Labute approximate surface area is 230 Å². The molecule has 0 saturated carbocycles. The van der Waals surface area contributed by atoms with Crippen molar-refractivity contribution in [2.24, 2.45) is 5.92 Å². The summed E-state index contributed by atoms with van der Waals surface area (Å²) in [5.74, 6) is -0.443. The number of fused-ring (bicyclic) bond motifs is 2. The van der Waals surface area contributed by atoms with Gasteiger partial charge in [0.2, 0.25) is 11.8 Å². The average Bonchev–Trinajstić information content (AvgIpc) is 3.32. The number of rotatable bonds is 11. The van der Waals surface area contributed by atoms with E-state index in [4.69, 9.17) is 16.3 Å². The van der Waals surface area contributed by atoms with Crippen molar-refractivity contribution < 1.29 is 14.3 Å². The van der Waals surface area contributed by atoms with Gasteiger partial charge in [0.1, 0.15) is 12.6 Å². The minimum atomic E-state index is -0.766. The van der Waals surface area contributed by atoms with Crippen LogP contribution < -0.4 is 10.2 Å². The molecular formula is C30H39ClN4O3. The third kappa shape index (κ3) is 6.57. The number of hydrogen-bond acceptors (Lipinski definition) is 4. The molecule has 38 heavy (non-hydrogen) atoms. The Morgan fingerprint density at radius 2 is 2.03 bits per heavy atom. The minimum absolute atomic E-state index is 0.0696. The number of benzene rings is 2. The number of nitrogens with zero attached hydrogens (tertiary/aromatic N) is 2. The maximum atomic E-state index is 14.4. The normalized spacial score (nSPS) is 16.9. The molecule has 4 rings (SSSR count). The Morgan fingerprint density at radius 1 is 1.24 bits per heavy atom. The van der Waals surface area contributed by atoms with Crippen LogP contribution in [-0.2, 0) is 20.7 Å². The van der Waals surface area contributed by atoms with Gasteiger partial charge in [0.15, 0.2) is 0 Å². The van der Waals surface area contributed by atoms with Gasteiger partial charge in [-0.05, 0) is 68.2 Å². The number of aromatic nitrogens is 1. The molecule has 1 aliphatic heterocycles. The van der Waals surface area contributed by atoms with Crippen LogP contribution in [0.5, 0.6) is 0 Å². The summed E-state index contributed by atoms with van der Waals surface area (Å²) < 4.78 is 5.57. The summed E-state index contributed by atoms with van der Waals surface area (Å²) >= 11 is 6.34. The van der Waals surface area contributed by atoms with Crippen LogP contribution in [0.2, 0.25) is 5.02 Å². The maximum Gasteiger partial charge on any atom is 0.250 e. The van der Waals surface area contributed by atoms with Crippen molar-refractivity contribution in [3.8, 4) is 0 Å². The van der Waals surface area contributed by atoms with Gasteiger partial charge in [0.05, 0.1) is 0 Å². The molecule has 0 radical (unpaired) electrons. The lowest BCUT2D eigenvalue weighted by atomic mass is 9.88.